The molecule has 0 fully saturated rings. The molecule has 0 aliphatic carbocycles. The van der Waals surface area contributed by atoms with Crippen LogP contribution in [0.25, 0.3) is 10.4 Å². The second-order valence-electron chi connectivity index (χ2n) is 11.7. The smallest absolute Gasteiger partial charge is 0.130 e. The second kappa shape index (κ2) is 17.7. The molecule has 0 atom stereocenters. The number of rotatable bonds is 17. The van der Waals surface area contributed by atoms with E-state index in [0.29, 0.717) is 12.2 Å². The number of hydrogen-bond acceptors (Lipinski definition) is 5. The molecular weight excluding hydrogens is 628 g/mol. The average Bonchev–Trinajstić information content (AvgIpc) is 3.53. The summed E-state index contributed by atoms with van der Waals surface area (Å²) in [5.41, 5.74) is 1.11. The summed E-state index contributed by atoms with van der Waals surface area (Å²) in [4.78, 5) is 13.5. The Balaban J connectivity index is 0.996. The van der Waals surface area contributed by atoms with Crippen LogP contribution in [0, 0.1) is 3.82 Å². The van der Waals surface area contributed by atoms with E-state index in [-0.39, 0.29) is 5.97 Å². The molecule has 234 valence electrons. The maximum absolute atomic E-state index is 12.3. The summed E-state index contributed by atoms with van der Waals surface area (Å²) in [7, 11) is 1.18. The van der Waals surface area contributed by atoms with Gasteiger partial charge in [-0.15, -0.1) is 0 Å². The fourth-order valence-corrected chi connectivity index (χ4v) is 13.6. The van der Waals surface area contributed by atoms with Crippen LogP contribution in [0.1, 0.15) is 64.2 Å². The zero-order valence-corrected chi connectivity index (χ0v) is 29.3. The van der Waals surface area contributed by atoms with Gasteiger partial charge in [-0.25, -0.2) is 0 Å². The van der Waals surface area contributed by atoms with Crippen molar-refractivity contribution in [1.29, 1.82) is 0 Å². The van der Waals surface area contributed by atoms with E-state index < -0.39 is 7.26 Å². The van der Waals surface area contributed by atoms with E-state index in [1.54, 1.807) is 20.7 Å². The van der Waals surface area contributed by atoms with Crippen LogP contribution >= 0.6 is 40.2 Å². The third-order valence-electron chi connectivity index (χ3n) is 8.57. The van der Waals surface area contributed by atoms with Crippen LogP contribution in [0.5, 0.6) is 5.75 Å². The van der Waals surface area contributed by atoms with E-state index >= 15 is 0 Å². The largest absolute Gasteiger partial charge is 0.427 e. The van der Waals surface area contributed by atoms with Gasteiger partial charge in [-0.1, -0.05) is 32.9 Å². The van der Waals surface area contributed by atoms with Crippen molar-refractivity contribution < 1.29 is 9.53 Å². The Morgan fingerprint density at radius 1 is 0.578 bits per heavy atom. The molecule has 0 spiro atoms. The fourth-order valence-electron chi connectivity index (χ4n) is 6.24. The maximum atomic E-state index is 12.3. The zero-order valence-electron chi connectivity index (χ0n) is 25.9. The van der Waals surface area contributed by atoms with Crippen LogP contribution in [0.3, 0.4) is 0 Å². The standard InChI is InChI=1S/C39H43O2PS3/c40-38(41-33-28-26-32(27-29-33)37-31-39(43)45-44-37)25-17-6-4-2-1-3-5-7-18-30-42(34-19-11-8-12-20-34,35-21-13-9-14-22-35)36-23-15-10-16-24-36/h8-16,19-24,26-29,31,42H,1-7,17-18,25,30H2. The Bertz CT molecular complexity index is 1530. The summed E-state index contributed by atoms with van der Waals surface area (Å²) in [6.45, 7) is 0. The molecule has 0 saturated heterocycles. The first-order valence-electron chi connectivity index (χ1n) is 16.2. The summed E-state index contributed by atoms with van der Waals surface area (Å²) in [6.07, 6.45) is 12.5. The first-order valence-corrected chi connectivity index (χ1v) is 21.0. The number of carbonyl (C=O) groups excluding carboxylic acids is 1. The van der Waals surface area contributed by atoms with Crippen molar-refractivity contribution in [2.24, 2.45) is 0 Å². The van der Waals surface area contributed by atoms with Gasteiger partial charge in [0.25, 0.3) is 0 Å². The molecule has 0 aliphatic rings. The monoisotopic (exact) mass is 670 g/mol. The predicted molar refractivity (Wildman–Crippen MR) is 202 cm³/mol. The Morgan fingerprint density at radius 3 is 1.51 bits per heavy atom. The molecular formula is C39H43O2PS3. The average molecular weight is 671 g/mol. The van der Waals surface area contributed by atoms with Crippen molar-refractivity contribution in [3.8, 4) is 16.2 Å². The quantitative estimate of drug-likeness (QED) is 0.0246. The Kier molecular flexibility index (Phi) is 13.1. The molecule has 0 amide bonds. The van der Waals surface area contributed by atoms with Crippen LogP contribution in [0.4, 0.5) is 0 Å². The van der Waals surface area contributed by atoms with Gasteiger partial charge in [0.15, 0.2) is 0 Å². The minimum atomic E-state index is -2.10. The Labute approximate surface area is 281 Å². The van der Waals surface area contributed by atoms with E-state index in [4.69, 9.17) is 17.0 Å². The molecule has 45 heavy (non-hydrogen) atoms. The van der Waals surface area contributed by atoms with Crippen molar-refractivity contribution in [3.63, 3.8) is 0 Å². The predicted octanol–water partition coefficient (Wildman–Crippen LogP) is 10.7. The first kappa shape index (κ1) is 33.4. The molecule has 4 aromatic carbocycles. The molecule has 5 aromatic rings. The number of carbonyl (C=O) groups is 1. The van der Waals surface area contributed by atoms with Gasteiger partial charge in [0.2, 0.25) is 0 Å². The van der Waals surface area contributed by atoms with Crippen molar-refractivity contribution in [2.45, 2.75) is 64.2 Å². The summed E-state index contributed by atoms with van der Waals surface area (Å²) in [5.74, 6) is 0.467. The molecule has 1 heterocycles. The van der Waals surface area contributed by atoms with Gasteiger partial charge < -0.3 is 4.74 Å². The van der Waals surface area contributed by atoms with E-state index in [1.165, 1.54) is 67.0 Å². The van der Waals surface area contributed by atoms with Crippen molar-refractivity contribution >= 4 is 62.0 Å². The number of ether oxygens (including phenoxy) is 1. The summed E-state index contributed by atoms with van der Waals surface area (Å²) in [6, 6.07) is 43.5. The van der Waals surface area contributed by atoms with Gasteiger partial charge in [0, 0.05) is 4.88 Å². The van der Waals surface area contributed by atoms with Gasteiger partial charge in [-0.3, -0.25) is 4.79 Å². The van der Waals surface area contributed by atoms with Crippen LogP contribution < -0.4 is 20.7 Å². The van der Waals surface area contributed by atoms with Crippen LogP contribution in [-0.2, 0) is 4.79 Å². The summed E-state index contributed by atoms with van der Waals surface area (Å²) >= 11 is 5.23. The van der Waals surface area contributed by atoms with Crippen molar-refractivity contribution in [1.82, 2.24) is 0 Å². The second-order valence-corrected chi connectivity index (χ2v) is 18.6. The van der Waals surface area contributed by atoms with E-state index in [9.17, 15) is 4.79 Å². The molecule has 1 aromatic heterocycles. The normalized spacial score (nSPS) is 11.7. The third kappa shape index (κ3) is 9.53. The molecule has 0 radical (unpaired) electrons. The van der Waals surface area contributed by atoms with Crippen LogP contribution in [0.15, 0.2) is 121 Å². The Morgan fingerprint density at radius 2 is 1.04 bits per heavy atom. The van der Waals surface area contributed by atoms with E-state index in [0.717, 1.165) is 27.1 Å². The van der Waals surface area contributed by atoms with E-state index in [2.05, 4.69) is 91.0 Å². The van der Waals surface area contributed by atoms with Crippen LogP contribution in [-0.4, -0.2) is 12.1 Å². The third-order valence-corrected chi connectivity index (χ3v) is 16.5. The number of hydrogen-bond donors (Lipinski definition) is 0. The molecule has 2 nitrogen and oxygen atoms in total. The van der Waals surface area contributed by atoms with Gasteiger partial charge in [-0.05, 0) is 35.9 Å². The first-order chi connectivity index (χ1) is 22.1. The molecule has 0 N–H and O–H groups in total. The number of unbranched alkanes of at least 4 members (excludes halogenated alkanes) is 8. The van der Waals surface area contributed by atoms with Gasteiger partial charge >= 0.3 is 191 Å². The topological polar surface area (TPSA) is 26.3 Å². The summed E-state index contributed by atoms with van der Waals surface area (Å²) < 4.78 is 6.45. The van der Waals surface area contributed by atoms with Crippen LogP contribution in [0.2, 0.25) is 0 Å². The molecule has 6 heteroatoms. The SMILES string of the molecule is O=C(CCCCCCCCCCC[PH](c1ccccc1)(c1ccccc1)c1ccccc1)Oc1ccc(-c2cc(=S)ss2)cc1. The molecule has 5 rings (SSSR count). The molecule has 0 bridgehead atoms. The fraction of sp³-hybridized carbons (Fsp3) is 0.282. The van der Waals surface area contributed by atoms with E-state index in [1.807, 2.05) is 30.3 Å². The minimum Gasteiger partial charge on any atom is -0.427 e. The molecule has 0 saturated carbocycles. The number of esters is 1. The zero-order chi connectivity index (χ0) is 31.2. The van der Waals surface area contributed by atoms with Gasteiger partial charge in [0.05, 0.1) is 0 Å². The van der Waals surface area contributed by atoms with Gasteiger partial charge in [-0.2, -0.15) is 0 Å². The minimum absolute atomic E-state index is 0.143. The molecule has 0 unspecified atom stereocenters. The maximum Gasteiger partial charge on any atom is 0.130 e. The number of benzene rings is 4. The molecule has 0 aliphatic heterocycles. The van der Waals surface area contributed by atoms with Gasteiger partial charge in [0.1, 0.15) is 9.57 Å². The van der Waals surface area contributed by atoms with Crippen molar-refractivity contribution in [2.75, 3.05) is 6.16 Å². The summed E-state index contributed by atoms with van der Waals surface area (Å²) in [5, 5.41) is 4.51. The van der Waals surface area contributed by atoms with Crippen molar-refractivity contribution in [3.05, 3.63) is 125 Å². The Hall–Kier alpha value is -2.95.